The number of nitrogens with zero attached hydrogens (tertiary/aromatic N) is 1. The molecule has 0 saturated heterocycles. The van der Waals surface area contributed by atoms with Crippen LogP contribution in [0.25, 0.3) is 10.9 Å². The van der Waals surface area contributed by atoms with Gasteiger partial charge in [-0.25, -0.2) is 10.3 Å². The average molecular weight is 577 g/mol. The Morgan fingerprint density at radius 1 is 0.976 bits per heavy atom. The standard InChI is InChI=1S/C32H40N4O6/c1-32(2,3)42-31(40)29(21-13-7-6-8-14-21)34-30(39)26-19-23-22-15-11-12-16-24(22)33-25(23)20-36(26)28(38)18-10-5-4-9-17-27(37)35-41/h6-8,11-16,26,29,33,41H,4-5,9-10,17-20H2,1-3H3,(H,34,39)(H,35,37)/t26-,29+/m1/s1. The molecule has 2 heterocycles. The number of para-hydroxylation sites is 1. The van der Waals surface area contributed by atoms with Crippen LogP contribution >= 0.6 is 0 Å². The number of rotatable bonds is 11. The molecular weight excluding hydrogens is 536 g/mol. The highest BCUT2D eigenvalue weighted by atomic mass is 16.6. The number of hydrogen-bond donors (Lipinski definition) is 4. The van der Waals surface area contributed by atoms with Gasteiger partial charge in [0.1, 0.15) is 11.6 Å². The molecule has 0 fully saturated rings. The lowest BCUT2D eigenvalue weighted by Gasteiger charge is -2.36. The molecule has 10 heteroatoms. The number of benzene rings is 2. The number of aromatic amines is 1. The number of nitrogens with one attached hydrogen (secondary N) is 3. The second-order valence-electron chi connectivity index (χ2n) is 11.7. The summed E-state index contributed by atoms with van der Waals surface area (Å²) >= 11 is 0. The third-order valence-corrected chi connectivity index (χ3v) is 7.36. The molecule has 0 spiro atoms. The lowest BCUT2D eigenvalue weighted by atomic mass is 9.94. The van der Waals surface area contributed by atoms with Crippen molar-refractivity contribution in [1.29, 1.82) is 0 Å². The molecule has 2 atom stereocenters. The van der Waals surface area contributed by atoms with Crippen LogP contribution < -0.4 is 10.8 Å². The van der Waals surface area contributed by atoms with E-state index < -0.39 is 35.5 Å². The van der Waals surface area contributed by atoms with Crippen LogP contribution in [0.1, 0.15) is 82.2 Å². The van der Waals surface area contributed by atoms with Gasteiger partial charge in [0.2, 0.25) is 17.7 Å². The number of carbonyl (C=O) groups is 4. The minimum atomic E-state index is -1.03. The molecule has 0 radical (unpaired) electrons. The summed E-state index contributed by atoms with van der Waals surface area (Å²) < 4.78 is 5.65. The van der Waals surface area contributed by atoms with Crippen molar-refractivity contribution in [2.75, 3.05) is 0 Å². The smallest absolute Gasteiger partial charge is 0.333 e. The maximum atomic E-state index is 14.0. The number of hydrogen-bond acceptors (Lipinski definition) is 6. The van der Waals surface area contributed by atoms with Gasteiger partial charge in [-0.15, -0.1) is 0 Å². The first kappa shape index (κ1) is 30.8. The fourth-order valence-electron chi connectivity index (χ4n) is 5.34. The lowest BCUT2D eigenvalue weighted by molar-refractivity contribution is -0.159. The molecule has 0 saturated carbocycles. The third-order valence-electron chi connectivity index (χ3n) is 7.36. The van der Waals surface area contributed by atoms with Crippen molar-refractivity contribution < 1.29 is 29.1 Å². The maximum absolute atomic E-state index is 14.0. The van der Waals surface area contributed by atoms with Crippen molar-refractivity contribution in [3.8, 4) is 0 Å². The van der Waals surface area contributed by atoms with E-state index in [4.69, 9.17) is 9.94 Å². The van der Waals surface area contributed by atoms with Crippen molar-refractivity contribution in [2.24, 2.45) is 0 Å². The van der Waals surface area contributed by atoms with E-state index in [0.717, 1.165) is 35.0 Å². The zero-order chi connectivity index (χ0) is 30.3. The molecule has 3 amide bonds. The van der Waals surface area contributed by atoms with Crippen molar-refractivity contribution in [3.63, 3.8) is 0 Å². The van der Waals surface area contributed by atoms with Gasteiger partial charge in [-0.3, -0.25) is 19.6 Å². The first-order valence-electron chi connectivity index (χ1n) is 14.5. The molecule has 42 heavy (non-hydrogen) atoms. The van der Waals surface area contributed by atoms with Crippen molar-refractivity contribution in [1.82, 2.24) is 20.7 Å². The largest absolute Gasteiger partial charge is 0.458 e. The van der Waals surface area contributed by atoms with Crippen LogP contribution in [0.4, 0.5) is 0 Å². The van der Waals surface area contributed by atoms with Crippen LogP contribution in [0, 0.1) is 0 Å². The van der Waals surface area contributed by atoms with Gasteiger partial charge in [0, 0.05) is 35.9 Å². The summed E-state index contributed by atoms with van der Waals surface area (Å²) in [5, 5.41) is 12.5. The quantitative estimate of drug-likeness (QED) is 0.115. The molecule has 0 aliphatic carbocycles. The van der Waals surface area contributed by atoms with Gasteiger partial charge >= 0.3 is 5.97 Å². The lowest BCUT2D eigenvalue weighted by Crippen LogP contribution is -2.54. The highest BCUT2D eigenvalue weighted by molar-refractivity contribution is 5.93. The summed E-state index contributed by atoms with van der Waals surface area (Å²) in [7, 11) is 0. The fourth-order valence-corrected chi connectivity index (χ4v) is 5.34. The molecule has 224 valence electrons. The van der Waals surface area contributed by atoms with Crippen molar-refractivity contribution >= 4 is 34.6 Å². The van der Waals surface area contributed by atoms with Gasteiger partial charge in [0.25, 0.3) is 0 Å². The van der Waals surface area contributed by atoms with E-state index in [0.29, 0.717) is 24.8 Å². The molecule has 0 bridgehead atoms. The van der Waals surface area contributed by atoms with Gasteiger partial charge in [-0.2, -0.15) is 0 Å². The SMILES string of the molecule is CC(C)(C)OC(=O)[C@@H](NC(=O)[C@H]1Cc2c([nH]c3ccccc23)CN1C(=O)CCCCCCC(=O)NO)c1ccccc1. The fraction of sp³-hybridized carbons (Fsp3) is 0.438. The number of fused-ring (bicyclic) bond motifs is 3. The zero-order valence-corrected chi connectivity index (χ0v) is 24.4. The number of carbonyl (C=O) groups excluding carboxylic acids is 4. The minimum absolute atomic E-state index is 0.152. The van der Waals surface area contributed by atoms with Gasteiger partial charge in [0.15, 0.2) is 6.04 Å². The molecule has 3 aromatic rings. The zero-order valence-electron chi connectivity index (χ0n) is 24.4. The number of unbranched alkanes of at least 4 members (excludes halogenated alkanes) is 3. The predicted octanol–water partition coefficient (Wildman–Crippen LogP) is 4.47. The first-order chi connectivity index (χ1) is 20.1. The molecule has 4 rings (SSSR count). The Labute approximate surface area is 245 Å². The highest BCUT2D eigenvalue weighted by Gasteiger charge is 2.38. The van der Waals surface area contributed by atoms with Gasteiger partial charge in [0.05, 0.1) is 6.54 Å². The van der Waals surface area contributed by atoms with Crippen molar-refractivity contribution in [3.05, 3.63) is 71.4 Å². The molecule has 1 aromatic heterocycles. The summed E-state index contributed by atoms with van der Waals surface area (Å²) in [5.41, 5.74) is 4.30. The number of hydroxylamine groups is 1. The Morgan fingerprint density at radius 3 is 2.33 bits per heavy atom. The molecule has 0 unspecified atom stereocenters. The Balaban J connectivity index is 1.54. The van der Waals surface area contributed by atoms with E-state index in [1.807, 2.05) is 30.3 Å². The number of H-pyrrole nitrogens is 1. The second-order valence-corrected chi connectivity index (χ2v) is 11.7. The number of amides is 3. The maximum Gasteiger partial charge on any atom is 0.333 e. The summed E-state index contributed by atoms with van der Waals surface area (Å²) in [4.78, 5) is 57.0. The molecule has 1 aliphatic rings. The Hall–Kier alpha value is -4.18. The van der Waals surface area contributed by atoms with Crippen LogP contribution in [0.2, 0.25) is 0 Å². The normalized spacial score (nSPS) is 15.5. The van der Waals surface area contributed by atoms with E-state index in [1.54, 1.807) is 55.4 Å². The van der Waals surface area contributed by atoms with Gasteiger partial charge < -0.3 is 19.9 Å². The van der Waals surface area contributed by atoms with E-state index in [1.165, 1.54) is 0 Å². The van der Waals surface area contributed by atoms with Gasteiger partial charge in [-0.05, 0) is 50.8 Å². The van der Waals surface area contributed by atoms with E-state index >= 15 is 0 Å². The molecule has 10 nitrogen and oxygen atoms in total. The summed E-state index contributed by atoms with van der Waals surface area (Å²) in [6.45, 7) is 5.57. The number of ether oxygens (including phenoxy) is 1. The van der Waals surface area contributed by atoms with Crippen LogP contribution in [-0.4, -0.2) is 50.4 Å². The van der Waals surface area contributed by atoms with E-state index in [2.05, 4.69) is 10.3 Å². The Morgan fingerprint density at radius 2 is 1.64 bits per heavy atom. The second kappa shape index (κ2) is 13.7. The van der Waals surface area contributed by atoms with Crippen LogP contribution in [-0.2, 0) is 36.9 Å². The Bertz CT molecular complexity index is 1410. The van der Waals surface area contributed by atoms with E-state index in [9.17, 15) is 19.2 Å². The van der Waals surface area contributed by atoms with Crippen LogP contribution in [0.3, 0.4) is 0 Å². The number of aromatic nitrogens is 1. The monoisotopic (exact) mass is 576 g/mol. The van der Waals surface area contributed by atoms with Crippen LogP contribution in [0.5, 0.6) is 0 Å². The highest BCUT2D eigenvalue weighted by Crippen LogP contribution is 2.31. The average Bonchev–Trinajstić information content (AvgIpc) is 3.33. The summed E-state index contributed by atoms with van der Waals surface area (Å²) in [6.07, 6.45) is 3.48. The summed E-state index contributed by atoms with van der Waals surface area (Å²) in [6, 6.07) is 15.0. The summed E-state index contributed by atoms with van der Waals surface area (Å²) in [5.74, 6) is -1.57. The minimum Gasteiger partial charge on any atom is -0.458 e. The number of esters is 1. The molecule has 4 N–H and O–H groups in total. The van der Waals surface area contributed by atoms with E-state index in [-0.39, 0.29) is 25.3 Å². The van der Waals surface area contributed by atoms with Gasteiger partial charge in [-0.1, -0.05) is 61.4 Å². The molecule has 1 aliphatic heterocycles. The third kappa shape index (κ3) is 7.76. The molecule has 2 aromatic carbocycles. The topological polar surface area (TPSA) is 141 Å². The van der Waals surface area contributed by atoms with Crippen LogP contribution in [0.15, 0.2) is 54.6 Å². The first-order valence-corrected chi connectivity index (χ1v) is 14.5. The Kier molecular flexibility index (Phi) is 10.0. The van der Waals surface area contributed by atoms with Crippen molar-refractivity contribution in [2.45, 2.75) is 89.9 Å². The predicted molar refractivity (Wildman–Crippen MR) is 157 cm³/mol. The molecular formula is C32H40N4O6.